The van der Waals surface area contributed by atoms with Crippen LogP contribution in [0.25, 0.3) is 0 Å². The summed E-state index contributed by atoms with van der Waals surface area (Å²) < 4.78 is 11.9. The Hall–Kier alpha value is -4.72. The molecule has 0 aromatic heterocycles. The fourth-order valence-corrected chi connectivity index (χ4v) is 7.91. The number of hydrogen-bond donors (Lipinski definition) is 0. The van der Waals surface area contributed by atoms with Gasteiger partial charge in [-0.25, -0.2) is 9.80 Å². The molecule has 5 aliphatic rings. The van der Waals surface area contributed by atoms with Crippen molar-refractivity contribution in [2.45, 2.75) is 32.1 Å². The average Bonchev–Trinajstić information content (AvgIpc) is 3.50. The summed E-state index contributed by atoms with van der Waals surface area (Å²) in [5, 5.41) is 0. The molecule has 44 heavy (non-hydrogen) atoms. The van der Waals surface area contributed by atoms with E-state index in [1.165, 1.54) is 9.80 Å². The van der Waals surface area contributed by atoms with Crippen LogP contribution in [0.2, 0.25) is 0 Å². The summed E-state index contributed by atoms with van der Waals surface area (Å²) in [6, 6.07) is 23.5. The van der Waals surface area contributed by atoms with E-state index >= 15 is 0 Å². The predicted octanol–water partition coefficient (Wildman–Crippen LogP) is 5.31. The summed E-state index contributed by atoms with van der Waals surface area (Å²) in [6.07, 6.45) is 5.36. The maximum absolute atomic E-state index is 14.6. The third-order valence-corrected chi connectivity index (χ3v) is 9.56. The molecule has 3 aliphatic carbocycles. The number of rotatable bonds is 9. The van der Waals surface area contributed by atoms with Crippen molar-refractivity contribution >= 4 is 35.0 Å². The predicted molar refractivity (Wildman–Crippen MR) is 164 cm³/mol. The van der Waals surface area contributed by atoms with Gasteiger partial charge in [-0.15, -0.1) is 0 Å². The zero-order valence-electron chi connectivity index (χ0n) is 24.7. The summed E-state index contributed by atoms with van der Waals surface area (Å²) in [5.41, 5.74) is 0.308. The van der Waals surface area contributed by atoms with Crippen molar-refractivity contribution in [2.24, 2.45) is 29.6 Å². The molecule has 8 heteroatoms. The number of carbonyl (C=O) groups is 4. The van der Waals surface area contributed by atoms with E-state index in [1.807, 2.05) is 68.5 Å². The zero-order valence-corrected chi connectivity index (χ0v) is 24.7. The maximum Gasteiger partial charge on any atom is 0.239 e. The van der Waals surface area contributed by atoms with Gasteiger partial charge in [0.2, 0.25) is 23.6 Å². The lowest BCUT2D eigenvalue weighted by Crippen LogP contribution is -2.60. The molecule has 2 saturated heterocycles. The third kappa shape index (κ3) is 3.82. The molecule has 2 heterocycles. The van der Waals surface area contributed by atoms with Gasteiger partial charge in [0.25, 0.3) is 0 Å². The number of carbonyl (C=O) groups excluding carboxylic acids is 4. The molecule has 3 aromatic rings. The number of hydrogen-bond acceptors (Lipinski definition) is 6. The Morgan fingerprint density at radius 2 is 1.07 bits per heavy atom. The molecule has 0 N–H and O–H groups in total. The van der Waals surface area contributed by atoms with Crippen molar-refractivity contribution in [3.63, 3.8) is 0 Å². The minimum atomic E-state index is -1.20. The molecule has 224 valence electrons. The van der Waals surface area contributed by atoms with E-state index < -0.39 is 35.0 Å². The first kappa shape index (κ1) is 28.1. The monoisotopic (exact) mass is 590 g/mol. The smallest absolute Gasteiger partial charge is 0.239 e. The largest absolute Gasteiger partial charge is 0.491 e. The van der Waals surface area contributed by atoms with E-state index in [4.69, 9.17) is 9.47 Å². The van der Waals surface area contributed by atoms with Crippen LogP contribution in [0, 0.1) is 29.6 Å². The first-order valence-corrected chi connectivity index (χ1v) is 15.4. The van der Waals surface area contributed by atoms with Crippen molar-refractivity contribution in [3.05, 3.63) is 96.6 Å². The van der Waals surface area contributed by atoms with Gasteiger partial charge in [0.05, 0.1) is 48.3 Å². The van der Waals surface area contributed by atoms with Crippen LogP contribution in [0.3, 0.4) is 0 Å². The normalized spacial score (nSPS) is 28.5. The summed E-state index contributed by atoms with van der Waals surface area (Å²) in [5.74, 6) is -4.57. The second-order valence-corrected chi connectivity index (χ2v) is 11.9. The topological polar surface area (TPSA) is 93.2 Å². The first-order valence-electron chi connectivity index (χ1n) is 15.4. The lowest BCUT2D eigenvalue weighted by atomic mass is 9.45. The number of imide groups is 2. The Kier molecular flexibility index (Phi) is 6.87. The highest BCUT2D eigenvalue weighted by Crippen LogP contribution is 2.65. The quantitative estimate of drug-likeness (QED) is 0.248. The zero-order chi connectivity index (χ0) is 30.6. The van der Waals surface area contributed by atoms with Gasteiger partial charge >= 0.3 is 0 Å². The van der Waals surface area contributed by atoms with Crippen LogP contribution in [0.5, 0.6) is 11.5 Å². The van der Waals surface area contributed by atoms with Crippen molar-refractivity contribution in [1.82, 2.24) is 0 Å². The van der Waals surface area contributed by atoms with Crippen LogP contribution in [-0.2, 0) is 24.6 Å². The van der Waals surface area contributed by atoms with Gasteiger partial charge in [0.15, 0.2) is 0 Å². The first-order chi connectivity index (χ1) is 21.5. The van der Waals surface area contributed by atoms with E-state index in [1.54, 1.807) is 36.4 Å². The van der Waals surface area contributed by atoms with Gasteiger partial charge in [0.1, 0.15) is 11.5 Å². The molecule has 0 radical (unpaired) electrons. The van der Waals surface area contributed by atoms with Crippen LogP contribution < -0.4 is 19.3 Å². The van der Waals surface area contributed by atoms with Crippen LogP contribution >= 0.6 is 0 Å². The summed E-state index contributed by atoms with van der Waals surface area (Å²) in [7, 11) is 0. The Balaban J connectivity index is 1.38. The number of anilines is 2. The van der Waals surface area contributed by atoms with Crippen LogP contribution in [0.15, 0.2) is 91.0 Å². The molecule has 4 amide bonds. The van der Waals surface area contributed by atoms with Gasteiger partial charge < -0.3 is 9.47 Å². The van der Waals surface area contributed by atoms with Gasteiger partial charge in [0, 0.05) is 11.3 Å². The number of amides is 4. The number of para-hydroxylation sites is 4. The molecule has 8 nitrogen and oxygen atoms in total. The van der Waals surface area contributed by atoms with E-state index in [0.29, 0.717) is 36.1 Å². The highest BCUT2D eigenvalue weighted by atomic mass is 16.5. The van der Waals surface area contributed by atoms with E-state index in [0.717, 1.165) is 18.4 Å². The van der Waals surface area contributed by atoms with E-state index in [-0.39, 0.29) is 23.6 Å². The van der Waals surface area contributed by atoms with Gasteiger partial charge in [-0.3, -0.25) is 19.2 Å². The SMILES string of the molecule is CCCOc1ccccc1N1C(=O)[C@@H]2C3C=CC(c4ccccc4)([C@@H]2C1=O)[C@H]1C(=O)N(c2ccccc2OCCC)C(=O)[C@H]31. The second-order valence-electron chi connectivity index (χ2n) is 11.9. The minimum absolute atomic E-state index is 0.369. The van der Waals surface area contributed by atoms with Gasteiger partial charge in [-0.2, -0.15) is 0 Å². The lowest BCUT2D eigenvalue weighted by Gasteiger charge is -2.53. The Morgan fingerprint density at radius 1 is 0.614 bits per heavy atom. The molecule has 8 rings (SSSR count). The summed E-state index contributed by atoms with van der Waals surface area (Å²) in [4.78, 5) is 60.6. The van der Waals surface area contributed by atoms with Crippen molar-refractivity contribution in [3.8, 4) is 11.5 Å². The van der Waals surface area contributed by atoms with E-state index in [2.05, 4.69) is 0 Å². The Labute approximate surface area is 256 Å². The maximum atomic E-state index is 14.6. The van der Waals surface area contributed by atoms with Crippen LogP contribution in [-0.4, -0.2) is 36.8 Å². The lowest BCUT2D eigenvalue weighted by molar-refractivity contribution is -0.140. The molecular weight excluding hydrogens is 556 g/mol. The molecule has 3 fully saturated rings. The third-order valence-electron chi connectivity index (χ3n) is 9.56. The second kappa shape index (κ2) is 10.8. The molecule has 0 spiro atoms. The van der Waals surface area contributed by atoms with E-state index in [9.17, 15) is 19.2 Å². The molecule has 2 unspecified atom stereocenters. The molecule has 1 saturated carbocycles. The number of nitrogens with zero attached hydrogens (tertiary/aromatic N) is 2. The van der Waals surface area contributed by atoms with Gasteiger partial charge in [-0.05, 0) is 42.7 Å². The van der Waals surface area contributed by atoms with Crippen LogP contribution in [0.1, 0.15) is 32.3 Å². The summed E-state index contributed by atoms with van der Waals surface area (Å²) >= 11 is 0. The fourth-order valence-electron chi connectivity index (χ4n) is 7.91. The van der Waals surface area contributed by atoms with Crippen molar-refractivity contribution in [1.29, 1.82) is 0 Å². The highest BCUT2D eigenvalue weighted by Gasteiger charge is 2.75. The molecule has 3 aromatic carbocycles. The minimum Gasteiger partial charge on any atom is -0.491 e. The molecule has 2 bridgehead atoms. The number of allylic oxidation sites excluding steroid dienone is 2. The average molecular weight is 591 g/mol. The van der Waals surface area contributed by atoms with Crippen molar-refractivity contribution < 1.29 is 28.7 Å². The summed E-state index contributed by atoms with van der Waals surface area (Å²) in [6.45, 7) is 4.84. The number of ether oxygens (including phenoxy) is 2. The highest BCUT2D eigenvalue weighted by molar-refractivity contribution is 6.27. The molecular formula is C36H34N2O6. The fraction of sp³-hybridized carbons (Fsp3) is 0.333. The standard InChI is InChI=1S/C36H34N2O6/c1-3-20-43-26-16-10-8-14-24(26)37-32(39)28-23-18-19-36(30(28)34(37)41,22-12-6-5-7-13-22)31-29(23)33(40)38(35(31)42)25-15-9-11-17-27(25)44-21-4-2/h5-19,23,28-31H,3-4,20-21H2,1-2H3/t23?,28-,29-,30-,31+,36?/m1/s1. The van der Waals surface area contributed by atoms with Gasteiger partial charge in [-0.1, -0.05) is 80.6 Å². The Morgan fingerprint density at radius 3 is 1.55 bits per heavy atom. The molecule has 2 aliphatic heterocycles. The van der Waals surface area contributed by atoms with Crippen molar-refractivity contribution in [2.75, 3.05) is 23.0 Å². The Bertz CT molecular complexity index is 1590. The van der Waals surface area contributed by atoms with Crippen LogP contribution in [0.4, 0.5) is 11.4 Å². The number of benzene rings is 3. The molecule has 6 atom stereocenters.